The quantitative estimate of drug-likeness (QED) is 0.710. The maximum Gasteiger partial charge on any atom is 0.242 e. The number of amides is 1. The Morgan fingerprint density at radius 2 is 2.13 bits per heavy atom. The molecule has 1 atom stereocenters. The topological polar surface area (TPSA) is 55.1 Å². The van der Waals surface area contributed by atoms with Gasteiger partial charge in [0.15, 0.2) is 0 Å². The van der Waals surface area contributed by atoms with Gasteiger partial charge in [0.05, 0.1) is 6.54 Å². The Labute approximate surface area is 89.7 Å². The zero-order chi connectivity index (χ0) is 11.3. The van der Waals surface area contributed by atoms with E-state index in [-0.39, 0.29) is 12.5 Å². The molecule has 1 aromatic carbocycles. The summed E-state index contributed by atoms with van der Waals surface area (Å²) >= 11 is 0. The molecule has 3 N–H and O–H groups in total. The molecule has 78 valence electrons. The monoisotopic (exact) mass is 202 g/mol. The molecule has 0 fully saturated rings. The molecule has 0 bridgehead atoms. The number of terminal acetylenes is 1. The van der Waals surface area contributed by atoms with E-state index in [0.717, 1.165) is 11.1 Å². The predicted octanol–water partition coefficient (Wildman–Crippen LogP) is 0.744. The summed E-state index contributed by atoms with van der Waals surface area (Å²) in [4.78, 5) is 11.5. The van der Waals surface area contributed by atoms with Gasteiger partial charge in [0, 0.05) is 0 Å². The lowest BCUT2D eigenvalue weighted by Crippen LogP contribution is -2.34. The molecule has 1 aromatic rings. The first-order chi connectivity index (χ1) is 7.15. The van der Waals surface area contributed by atoms with Crippen LogP contribution in [0.1, 0.15) is 17.2 Å². The molecule has 3 nitrogen and oxygen atoms in total. The molecule has 1 amide bonds. The van der Waals surface area contributed by atoms with Crippen molar-refractivity contribution in [3.63, 3.8) is 0 Å². The van der Waals surface area contributed by atoms with Crippen LogP contribution in [0.5, 0.6) is 0 Å². The zero-order valence-electron chi connectivity index (χ0n) is 8.66. The minimum atomic E-state index is -0.654. The smallest absolute Gasteiger partial charge is 0.242 e. The fraction of sp³-hybridized carbons (Fsp3) is 0.250. The first-order valence-corrected chi connectivity index (χ1v) is 4.68. The number of nitrogens with one attached hydrogen (secondary N) is 1. The molecule has 0 aliphatic rings. The Hall–Kier alpha value is -1.79. The summed E-state index contributed by atoms with van der Waals surface area (Å²) in [5.74, 6) is 2.07. The lowest BCUT2D eigenvalue weighted by atomic mass is 10.1. The standard InChI is InChI=1S/C12H14N2O/c1-3-8-14-12(15)11(13)10-6-4-9(2)5-7-10/h1,4-7,11H,8,13H2,2H3,(H,14,15). The maximum absolute atomic E-state index is 11.5. The Kier molecular flexibility index (Phi) is 3.90. The van der Waals surface area contributed by atoms with Crippen molar-refractivity contribution < 1.29 is 4.79 Å². The lowest BCUT2D eigenvalue weighted by Gasteiger charge is -2.11. The van der Waals surface area contributed by atoms with Gasteiger partial charge in [0.25, 0.3) is 0 Å². The third-order valence-electron chi connectivity index (χ3n) is 2.08. The highest BCUT2D eigenvalue weighted by atomic mass is 16.2. The summed E-state index contributed by atoms with van der Waals surface area (Å²) in [6.45, 7) is 2.19. The molecular formula is C12H14N2O. The van der Waals surface area contributed by atoms with E-state index in [9.17, 15) is 4.79 Å². The van der Waals surface area contributed by atoms with Crippen LogP contribution in [0.15, 0.2) is 24.3 Å². The molecule has 0 heterocycles. The highest BCUT2D eigenvalue weighted by molar-refractivity contribution is 5.83. The number of carbonyl (C=O) groups is 1. The minimum Gasteiger partial charge on any atom is -0.344 e. The molecule has 1 rings (SSSR count). The summed E-state index contributed by atoms with van der Waals surface area (Å²) in [5.41, 5.74) is 7.67. The Morgan fingerprint density at radius 3 is 2.67 bits per heavy atom. The van der Waals surface area contributed by atoms with E-state index in [4.69, 9.17) is 12.2 Å². The first-order valence-electron chi connectivity index (χ1n) is 4.68. The van der Waals surface area contributed by atoms with E-state index >= 15 is 0 Å². The molecule has 0 radical (unpaired) electrons. The molecule has 0 aromatic heterocycles. The molecule has 0 saturated heterocycles. The average molecular weight is 202 g/mol. The summed E-state index contributed by atoms with van der Waals surface area (Å²) in [7, 11) is 0. The van der Waals surface area contributed by atoms with Crippen molar-refractivity contribution in [3.05, 3.63) is 35.4 Å². The lowest BCUT2D eigenvalue weighted by molar-refractivity contribution is -0.122. The highest BCUT2D eigenvalue weighted by Gasteiger charge is 2.14. The number of hydrogen-bond acceptors (Lipinski definition) is 2. The van der Waals surface area contributed by atoms with Crippen LogP contribution in [-0.2, 0) is 4.79 Å². The van der Waals surface area contributed by atoms with Crippen LogP contribution >= 0.6 is 0 Å². The molecule has 0 saturated carbocycles. The van der Waals surface area contributed by atoms with E-state index in [1.165, 1.54) is 0 Å². The number of hydrogen-bond donors (Lipinski definition) is 2. The van der Waals surface area contributed by atoms with Crippen LogP contribution in [0.25, 0.3) is 0 Å². The van der Waals surface area contributed by atoms with E-state index in [1.54, 1.807) is 0 Å². The van der Waals surface area contributed by atoms with Gasteiger partial charge in [-0.1, -0.05) is 35.7 Å². The van der Waals surface area contributed by atoms with Gasteiger partial charge < -0.3 is 11.1 Å². The first kappa shape index (κ1) is 11.3. The second-order valence-electron chi connectivity index (χ2n) is 3.31. The van der Waals surface area contributed by atoms with Crippen LogP contribution in [-0.4, -0.2) is 12.5 Å². The van der Waals surface area contributed by atoms with Crippen LogP contribution in [0, 0.1) is 19.3 Å². The third-order valence-corrected chi connectivity index (χ3v) is 2.08. The molecule has 15 heavy (non-hydrogen) atoms. The van der Waals surface area contributed by atoms with Crippen molar-refractivity contribution in [2.24, 2.45) is 5.73 Å². The second-order valence-corrected chi connectivity index (χ2v) is 3.31. The van der Waals surface area contributed by atoms with Crippen molar-refractivity contribution in [2.45, 2.75) is 13.0 Å². The van der Waals surface area contributed by atoms with Crippen molar-refractivity contribution in [1.29, 1.82) is 0 Å². The molecule has 3 heteroatoms. The van der Waals surface area contributed by atoms with Crippen LogP contribution in [0.2, 0.25) is 0 Å². The summed E-state index contributed by atoms with van der Waals surface area (Å²) in [6, 6.07) is 6.87. The number of aryl methyl sites for hydroxylation is 1. The number of carbonyl (C=O) groups excluding carboxylic acids is 1. The largest absolute Gasteiger partial charge is 0.344 e. The Balaban J connectivity index is 2.68. The SMILES string of the molecule is C#CCNC(=O)C(N)c1ccc(C)cc1. The van der Waals surface area contributed by atoms with Gasteiger partial charge in [-0.05, 0) is 12.5 Å². The maximum atomic E-state index is 11.5. The molecular weight excluding hydrogens is 188 g/mol. The van der Waals surface area contributed by atoms with E-state index < -0.39 is 6.04 Å². The fourth-order valence-corrected chi connectivity index (χ4v) is 1.17. The number of benzene rings is 1. The van der Waals surface area contributed by atoms with Crippen LogP contribution in [0.3, 0.4) is 0 Å². The van der Waals surface area contributed by atoms with Crippen LogP contribution in [0.4, 0.5) is 0 Å². The van der Waals surface area contributed by atoms with Gasteiger partial charge in [-0.15, -0.1) is 6.42 Å². The van der Waals surface area contributed by atoms with Crippen molar-refractivity contribution in [1.82, 2.24) is 5.32 Å². The third kappa shape index (κ3) is 3.12. The number of rotatable bonds is 3. The average Bonchev–Trinajstić information content (AvgIpc) is 2.26. The van der Waals surface area contributed by atoms with Gasteiger partial charge >= 0.3 is 0 Å². The normalized spacial score (nSPS) is 11.5. The van der Waals surface area contributed by atoms with Gasteiger partial charge in [0.2, 0.25) is 5.91 Å². The van der Waals surface area contributed by atoms with Crippen molar-refractivity contribution >= 4 is 5.91 Å². The van der Waals surface area contributed by atoms with Crippen molar-refractivity contribution in [2.75, 3.05) is 6.54 Å². The molecule has 1 unspecified atom stereocenters. The highest BCUT2D eigenvalue weighted by Crippen LogP contribution is 2.11. The van der Waals surface area contributed by atoms with E-state index in [1.807, 2.05) is 31.2 Å². The minimum absolute atomic E-state index is 0.207. The van der Waals surface area contributed by atoms with Gasteiger partial charge in [-0.3, -0.25) is 4.79 Å². The van der Waals surface area contributed by atoms with Gasteiger partial charge in [-0.2, -0.15) is 0 Å². The summed E-state index contributed by atoms with van der Waals surface area (Å²) in [6.07, 6.45) is 5.03. The van der Waals surface area contributed by atoms with Gasteiger partial charge in [-0.25, -0.2) is 0 Å². The fourth-order valence-electron chi connectivity index (χ4n) is 1.17. The van der Waals surface area contributed by atoms with Crippen LogP contribution < -0.4 is 11.1 Å². The molecule has 0 aliphatic heterocycles. The van der Waals surface area contributed by atoms with E-state index in [2.05, 4.69) is 11.2 Å². The van der Waals surface area contributed by atoms with E-state index in [0.29, 0.717) is 0 Å². The molecule has 0 spiro atoms. The number of nitrogens with two attached hydrogens (primary N) is 1. The zero-order valence-corrected chi connectivity index (χ0v) is 8.66. The Bertz CT molecular complexity index is 376. The summed E-state index contributed by atoms with van der Waals surface area (Å²) < 4.78 is 0. The van der Waals surface area contributed by atoms with Gasteiger partial charge in [0.1, 0.15) is 6.04 Å². The molecule has 0 aliphatic carbocycles. The second kappa shape index (κ2) is 5.18. The summed E-state index contributed by atoms with van der Waals surface area (Å²) in [5, 5.41) is 2.55. The van der Waals surface area contributed by atoms with Crippen molar-refractivity contribution in [3.8, 4) is 12.3 Å². The Morgan fingerprint density at radius 1 is 1.53 bits per heavy atom. The predicted molar refractivity (Wildman–Crippen MR) is 60.0 cm³/mol.